The zero-order valence-corrected chi connectivity index (χ0v) is 12.1. The van der Waals surface area contributed by atoms with Gasteiger partial charge in [0.15, 0.2) is 0 Å². The van der Waals surface area contributed by atoms with Crippen LogP contribution in [0, 0.1) is 0 Å². The highest BCUT2D eigenvalue weighted by atomic mass is 79.9. The Balaban J connectivity index is 2.22. The first-order valence-corrected chi connectivity index (χ1v) is 6.95. The number of alkyl halides is 1. The maximum atomic E-state index is 5.78. The number of halogens is 1. The molecule has 0 saturated carbocycles. The molecule has 0 aromatic heterocycles. The van der Waals surface area contributed by atoms with Crippen molar-refractivity contribution in [2.75, 3.05) is 12.4 Å². The van der Waals surface area contributed by atoms with E-state index in [-0.39, 0.29) is 0 Å². The van der Waals surface area contributed by atoms with Gasteiger partial charge in [-0.25, -0.2) is 0 Å². The highest BCUT2D eigenvalue weighted by Crippen LogP contribution is 2.22. The van der Waals surface area contributed by atoms with E-state index in [1.54, 1.807) is 0 Å². The largest absolute Gasteiger partial charge is 0.457 e. The van der Waals surface area contributed by atoms with E-state index in [1.807, 2.05) is 54.6 Å². The van der Waals surface area contributed by atoms with Gasteiger partial charge in [0.1, 0.15) is 18.6 Å². The van der Waals surface area contributed by atoms with Crippen LogP contribution in [-0.2, 0) is 4.84 Å². The molecule has 0 fully saturated rings. The molecule has 19 heavy (non-hydrogen) atoms. The van der Waals surface area contributed by atoms with E-state index in [0.717, 1.165) is 22.8 Å². The van der Waals surface area contributed by atoms with E-state index in [9.17, 15) is 0 Å². The van der Waals surface area contributed by atoms with Gasteiger partial charge in [0.25, 0.3) is 0 Å². The van der Waals surface area contributed by atoms with Crippen molar-refractivity contribution in [2.24, 2.45) is 5.16 Å². The van der Waals surface area contributed by atoms with Crippen LogP contribution >= 0.6 is 15.9 Å². The first-order valence-electron chi connectivity index (χ1n) is 5.83. The Morgan fingerprint density at radius 1 is 1.05 bits per heavy atom. The number of hydrogen-bond acceptors (Lipinski definition) is 3. The topological polar surface area (TPSA) is 30.8 Å². The molecule has 0 spiro atoms. The Morgan fingerprint density at radius 2 is 1.79 bits per heavy atom. The highest BCUT2D eigenvalue weighted by molar-refractivity contribution is 9.09. The standard InChI is InChI=1S/C15H14BrNO2/c1-18-17-15(11-16)12-6-5-9-14(10-12)19-13-7-3-2-4-8-13/h2-10H,11H2,1H3/b17-15+. The van der Waals surface area contributed by atoms with Crippen molar-refractivity contribution in [3.8, 4) is 11.5 Å². The summed E-state index contributed by atoms with van der Waals surface area (Å²) in [5, 5.41) is 4.60. The first-order chi connectivity index (χ1) is 9.33. The summed E-state index contributed by atoms with van der Waals surface area (Å²) in [4.78, 5) is 4.82. The second kappa shape index (κ2) is 6.95. The zero-order valence-electron chi connectivity index (χ0n) is 10.5. The molecular weight excluding hydrogens is 306 g/mol. The quantitative estimate of drug-likeness (QED) is 0.469. The number of nitrogens with zero attached hydrogens (tertiary/aromatic N) is 1. The van der Waals surface area contributed by atoms with Crippen LogP contribution in [0.25, 0.3) is 0 Å². The van der Waals surface area contributed by atoms with Crippen LogP contribution in [0.5, 0.6) is 11.5 Å². The van der Waals surface area contributed by atoms with Gasteiger partial charge in [-0.15, -0.1) is 0 Å². The third kappa shape index (κ3) is 3.83. The lowest BCUT2D eigenvalue weighted by Gasteiger charge is -2.08. The first kappa shape index (κ1) is 13.6. The van der Waals surface area contributed by atoms with Crippen molar-refractivity contribution in [3.63, 3.8) is 0 Å². The van der Waals surface area contributed by atoms with Crippen LogP contribution in [0.3, 0.4) is 0 Å². The summed E-state index contributed by atoms with van der Waals surface area (Å²) in [7, 11) is 1.53. The minimum Gasteiger partial charge on any atom is -0.457 e. The van der Waals surface area contributed by atoms with Gasteiger partial charge in [0.05, 0.1) is 5.71 Å². The zero-order chi connectivity index (χ0) is 13.5. The molecule has 0 aliphatic carbocycles. The predicted octanol–water partition coefficient (Wildman–Crippen LogP) is 4.22. The van der Waals surface area contributed by atoms with Crippen LogP contribution in [0.1, 0.15) is 5.56 Å². The van der Waals surface area contributed by atoms with Gasteiger partial charge in [-0.3, -0.25) is 0 Å². The fraction of sp³-hybridized carbons (Fsp3) is 0.133. The number of ether oxygens (including phenoxy) is 1. The summed E-state index contributed by atoms with van der Waals surface area (Å²) in [6.07, 6.45) is 0. The van der Waals surface area contributed by atoms with Crippen molar-refractivity contribution in [1.82, 2.24) is 0 Å². The van der Waals surface area contributed by atoms with Gasteiger partial charge < -0.3 is 9.57 Å². The second-order valence-corrected chi connectivity index (χ2v) is 4.36. The van der Waals surface area contributed by atoms with Crippen molar-refractivity contribution in [3.05, 3.63) is 60.2 Å². The molecule has 4 heteroatoms. The molecule has 0 atom stereocenters. The molecule has 0 aliphatic rings. The molecule has 2 aromatic rings. The molecule has 0 bridgehead atoms. The normalized spacial score (nSPS) is 11.2. The van der Waals surface area contributed by atoms with Crippen molar-refractivity contribution in [1.29, 1.82) is 0 Å². The highest BCUT2D eigenvalue weighted by Gasteiger charge is 2.05. The monoisotopic (exact) mass is 319 g/mol. The summed E-state index contributed by atoms with van der Waals surface area (Å²) < 4.78 is 5.78. The van der Waals surface area contributed by atoms with Crippen LogP contribution < -0.4 is 4.74 Å². The van der Waals surface area contributed by atoms with Crippen molar-refractivity contribution < 1.29 is 9.57 Å². The van der Waals surface area contributed by atoms with E-state index in [0.29, 0.717) is 5.33 Å². The Morgan fingerprint density at radius 3 is 2.47 bits per heavy atom. The Hall–Kier alpha value is -1.81. The number of oxime groups is 1. The Kier molecular flexibility index (Phi) is 4.98. The number of benzene rings is 2. The Labute approximate surface area is 121 Å². The summed E-state index contributed by atoms with van der Waals surface area (Å²) in [6, 6.07) is 17.4. The molecule has 98 valence electrons. The number of hydrogen-bond donors (Lipinski definition) is 0. The summed E-state index contributed by atoms with van der Waals surface area (Å²) in [5.41, 5.74) is 1.79. The van der Waals surface area contributed by atoms with E-state index >= 15 is 0 Å². The Bertz CT molecular complexity index is 555. The molecular formula is C15H14BrNO2. The minimum atomic E-state index is 0.621. The molecule has 0 radical (unpaired) electrons. The maximum absolute atomic E-state index is 5.78. The van der Waals surface area contributed by atoms with Gasteiger partial charge >= 0.3 is 0 Å². The van der Waals surface area contributed by atoms with Gasteiger partial charge in [-0.05, 0) is 24.3 Å². The van der Waals surface area contributed by atoms with Crippen LogP contribution in [0.2, 0.25) is 0 Å². The fourth-order valence-corrected chi connectivity index (χ4v) is 2.05. The van der Waals surface area contributed by atoms with Crippen LogP contribution in [0.4, 0.5) is 0 Å². The van der Waals surface area contributed by atoms with E-state index in [4.69, 9.17) is 9.57 Å². The average molecular weight is 320 g/mol. The lowest BCUT2D eigenvalue weighted by molar-refractivity contribution is 0.213. The third-order valence-corrected chi connectivity index (χ3v) is 3.01. The molecule has 3 nitrogen and oxygen atoms in total. The van der Waals surface area contributed by atoms with Crippen LogP contribution in [-0.4, -0.2) is 18.2 Å². The molecule has 0 aliphatic heterocycles. The predicted molar refractivity (Wildman–Crippen MR) is 80.3 cm³/mol. The van der Waals surface area contributed by atoms with E-state index < -0.39 is 0 Å². The fourth-order valence-electron chi connectivity index (χ4n) is 1.63. The van der Waals surface area contributed by atoms with Gasteiger partial charge in [-0.2, -0.15) is 0 Å². The lowest BCUT2D eigenvalue weighted by Crippen LogP contribution is -2.03. The van der Waals surface area contributed by atoms with Crippen LogP contribution in [0.15, 0.2) is 59.8 Å². The molecule has 2 rings (SSSR count). The van der Waals surface area contributed by atoms with Gasteiger partial charge in [0.2, 0.25) is 0 Å². The minimum absolute atomic E-state index is 0.621. The molecule has 0 heterocycles. The average Bonchev–Trinajstić information content (AvgIpc) is 2.46. The summed E-state index contributed by atoms with van der Waals surface area (Å²) in [6.45, 7) is 0. The smallest absolute Gasteiger partial charge is 0.128 e. The summed E-state index contributed by atoms with van der Waals surface area (Å²) in [5.74, 6) is 1.58. The number of para-hydroxylation sites is 1. The summed E-state index contributed by atoms with van der Waals surface area (Å²) >= 11 is 3.39. The van der Waals surface area contributed by atoms with Gasteiger partial charge in [0, 0.05) is 10.9 Å². The molecule has 2 aromatic carbocycles. The molecule has 0 saturated heterocycles. The SMILES string of the molecule is CO/N=C(\CBr)c1cccc(Oc2ccccc2)c1. The molecule has 0 N–H and O–H groups in total. The maximum Gasteiger partial charge on any atom is 0.128 e. The third-order valence-electron chi connectivity index (χ3n) is 2.47. The van der Waals surface area contributed by atoms with E-state index in [2.05, 4.69) is 21.1 Å². The lowest BCUT2D eigenvalue weighted by atomic mass is 10.1. The van der Waals surface area contributed by atoms with Gasteiger partial charge in [-0.1, -0.05) is 51.4 Å². The van der Waals surface area contributed by atoms with Crippen molar-refractivity contribution >= 4 is 21.6 Å². The second-order valence-electron chi connectivity index (χ2n) is 3.80. The molecule has 0 amide bonds. The van der Waals surface area contributed by atoms with Crippen molar-refractivity contribution in [2.45, 2.75) is 0 Å². The molecule has 0 unspecified atom stereocenters. The number of rotatable bonds is 5. The van der Waals surface area contributed by atoms with E-state index in [1.165, 1.54) is 7.11 Å².